The number of ether oxygens (including phenoxy) is 1. The first-order valence-electron chi connectivity index (χ1n) is 9.95. The minimum absolute atomic E-state index is 0.232. The number of urea groups is 1. The second-order valence-electron chi connectivity index (χ2n) is 7.40. The van der Waals surface area contributed by atoms with Gasteiger partial charge in [-0.05, 0) is 44.2 Å². The number of nitrogens with zero attached hydrogens (tertiary/aromatic N) is 1. The van der Waals surface area contributed by atoms with Crippen LogP contribution in [0.1, 0.15) is 62.2 Å². The molecular formula is C21H26N2O5. The van der Waals surface area contributed by atoms with Gasteiger partial charge in [0.25, 0.3) is 0 Å². The summed E-state index contributed by atoms with van der Waals surface area (Å²) in [6.45, 7) is 1.99. The molecule has 0 bridgehead atoms. The molecule has 1 saturated carbocycles. The van der Waals surface area contributed by atoms with Crippen molar-refractivity contribution in [3.63, 3.8) is 0 Å². The number of nitrogens with one attached hydrogen (secondary N) is 1. The van der Waals surface area contributed by atoms with E-state index in [9.17, 15) is 19.2 Å². The highest BCUT2D eigenvalue weighted by atomic mass is 16.5. The number of imide groups is 2. The van der Waals surface area contributed by atoms with Crippen molar-refractivity contribution >= 4 is 23.8 Å². The summed E-state index contributed by atoms with van der Waals surface area (Å²) in [5, 5.41) is 2.32. The fraction of sp³-hybridized carbons (Fsp3) is 0.524. The van der Waals surface area contributed by atoms with E-state index in [-0.39, 0.29) is 18.1 Å². The van der Waals surface area contributed by atoms with Crippen molar-refractivity contribution < 1.29 is 23.9 Å². The molecule has 1 aliphatic heterocycles. The average molecular weight is 386 g/mol. The Morgan fingerprint density at radius 2 is 1.79 bits per heavy atom. The number of amides is 4. The Bertz CT molecular complexity index is 740. The zero-order chi connectivity index (χ0) is 20.1. The van der Waals surface area contributed by atoms with Gasteiger partial charge in [0, 0.05) is 6.04 Å². The van der Waals surface area contributed by atoms with Crippen LogP contribution in [-0.2, 0) is 14.3 Å². The summed E-state index contributed by atoms with van der Waals surface area (Å²) in [4.78, 5) is 50.5. The fourth-order valence-electron chi connectivity index (χ4n) is 3.86. The number of unbranched alkanes of at least 4 members (excludes halogenated alkanes) is 1. The van der Waals surface area contributed by atoms with E-state index >= 15 is 0 Å². The lowest BCUT2D eigenvalue weighted by Crippen LogP contribution is -2.61. The van der Waals surface area contributed by atoms with Crippen molar-refractivity contribution in [3.05, 3.63) is 35.9 Å². The summed E-state index contributed by atoms with van der Waals surface area (Å²) in [6.07, 6.45) is 4.12. The first-order valence-corrected chi connectivity index (χ1v) is 9.95. The molecule has 7 heteroatoms. The van der Waals surface area contributed by atoms with Crippen LogP contribution in [0.5, 0.6) is 0 Å². The molecule has 1 N–H and O–H groups in total. The Morgan fingerprint density at radius 1 is 1.11 bits per heavy atom. The van der Waals surface area contributed by atoms with Crippen LogP contribution < -0.4 is 5.32 Å². The van der Waals surface area contributed by atoms with Crippen molar-refractivity contribution in [2.45, 2.75) is 64.0 Å². The van der Waals surface area contributed by atoms with Crippen molar-refractivity contribution in [2.24, 2.45) is 5.92 Å². The van der Waals surface area contributed by atoms with E-state index in [2.05, 4.69) is 5.32 Å². The maximum atomic E-state index is 12.8. The Kier molecular flexibility index (Phi) is 6.44. The minimum Gasteiger partial charge on any atom is -0.459 e. The normalized spacial score (nSPS) is 25.4. The predicted molar refractivity (Wildman–Crippen MR) is 101 cm³/mol. The Balaban J connectivity index is 1.57. The number of barbiturate groups is 1. The van der Waals surface area contributed by atoms with Gasteiger partial charge in [-0.25, -0.2) is 9.59 Å². The van der Waals surface area contributed by atoms with E-state index in [0.717, 1.165) is 12.8 Å². The standard InChI is InChI=1S/C21H26N2O5/c1-2-3-9-17-18(24)22-21(27)23(19(17)25)15-10-12-16(13-11-15)28-20(26)14-7-5-4-6-8-14/h4-8,15-17H,2-3,9-13H2,1H3,(H,22,24,27). The molecule has 28 heavy (non-hydrogen) atoms. The van der Waals surface area contributed by atoms with Crippen molar-refractivity contribution in [1.82, 2.24) is 10.2 Å². The maximum Gasteiger partial charge on any atom is 0.338 e. The molecule has 150 valence electrons. The largest absolute Gasteiger partial charge is 0.459 e. The Morgan fingerprint density at radius 3 is 2.43 bits per heavy atom. The molecule has 2 aliphatic rings. The maximum absolute atomic E-state index is 12.8. The molecule has 1 aromatic rings. The highest BCUT2D eigenvalue weighted by Gasteiger charge is 2.44. The molecule has 1 saturated heterocycles. The summed E-state index contributed by atoms with van der Waals surface area (Å²) >= 11 is 0. The first-order chi connectivity index (χ1) is 13.5. The third-order valence-electron chi connectivity index (χ3n) is 5.44. The molecule has 7 nitrogen and oxygen atoms in total. The van der Waals surface area contributed by atoms with Gasteiger partial charge in [-0.1, -0.05) is 38.0 Å². The summed E-state index contributed by atoms with van der Waals surface area (Å²) in [7, 11) is 0. The van der Waals surface area contributed by atoms with Crippen LogP contribution >= 0.6 is 0 Å². The number of esters is 1. The van der Waals surface area contributed by atoms with E-state index in [1.165, 1.54) is 4.90 Å². The molecule has 0 radical (unpaired) electrons. The van der Waals surface area contributed by atoms with Crippen LogP contribution in [-0.4, -0.2) is 40.9 Å². The van der Waals surface area contributed by atoms with Crippen LogP contribution in [0.4, 0.5) is 4.79 Å². The van der Waals surface area contributed by atoms with Gasteiger partial charge in [0.1, 0.15) is 12.0 Å². The summed E-state index contributed by atoms with van der Waals surface area (Å²) in [6, 6.07) is 7.91. The number of hydrogen-bond donors (Lipinski definition) is 1. The van der Waals surface area contributed by atoms with Gasteiger partial charge in [-0.15, -0.1) is 0 Å². The van der Waals surface area contributed by atoms with E-state index in [1.807, 2.05) is 13.0 Å². The summed E-state index contributed by atoms with van der Waals surface area (Å²) in [5.41, 5.74) is 0.507. The van der Waals surface area contributed by atoms with E-state index in [1.54, 1.807) is 24.3 Å². The average Bonchev–Trinajstić information content (AvgIpc) is 2.69. The van der Waals surface area contributed by atoms with Crippen LogP contribution in [0.2, 0.25) is 0 Å². The van der Waals surface area contributed by atoms with Gasteiger partial charge in [0.2, 0.25) is 11.8 Å². The van der Waals surface area contributed by atoms with Crippen LogP contribution in [0.3, 0.4) is 0 Å². The lowest BCUT2D eigenvalue weighted by atomic mass is 9.89. The second-order valence-corrected chi connectivity index (χ2v) is 7.40. The van der Waals surface area contributed by atoms with Crippen LogP contribution in [0.15, 0.2) is 30.3 Å². The second kappa shape index (κ2) is 8.99. The summed E-state index contributed by atoms with van der Waals surface area (Å²) < 4.78 is 5.56. The number of hydrogen-bond acceptors (Lipinski definition) is 5. The smallest absolute Gasteiger partial charge is 0.338 e. The van der Waals surface area contributed by atoms with E-state index in [4.69, 9.17) is 4.74 Å². The van der Waals surface area contributed by atoms with Gasteiger partial charge in [0.15, 0.2) is 0 Å². The van der Waals surface area contributed by atoms with Gasteiger partial charge in [0.05, 0.1) is 5.56 Å². The van der Waals surface area contributed by atoms with Crippen molar-refractivity contribution in [1.29, 1.82) is 0 Å². The first kappa shape index (κ1) is 20.0. The zero-order valence-electron chi connectivity index (χ0n) is 16.1. The van der Waals surface area contributed by atoms with Crippen LogP contribution in [0.25, 0.3) is 0 Å². The number of rotatable bonds is 6. The van der Waals surface area contributed by atoms with Gasteiger partial charge >= 0.3 is 12.0 Å². The molecule has 1 aliphatic carbocycles. The molecular weight excluding hydrogens is 360 g/mol. The van der Waals surface area contributed by atoms with Crippen LogP contribution in [0, 0.1) is 5.92 Å². The molecule has 1 atom stereocenters. The Labute approximate surface area is 164 Å². The monoisotopic (exact) mass is 386 g/mol. The van der Waals surface area contributed by atoms with Crippen molar-refractivity contribution in [3.8, 4) is 0 Å². The highest BCUT2D eigenvalue weighted by molar-refractivity contribution is 6.16. The number of benzene rings is 1. The number of carbonyl (C=O) groups is 4. The SMILES string of the molecule is CCCCC1C(=O)NC(=O)N(C2CCC(OC(=O)c3ccccc3)CC2)C1=O. The molecule has 1 heterocycles. The molecule has 2 fully saturated rings. The van der Waals surface area contributed by atoms with E-state index in [0.29, 0.717) is 37.7 Å². The third-order valence-corrected chi connectivity index (χ3v) is 5.44. The van der Waals surface area contributed by atoms with Gasteiger partial charge in [-0.3, -0.25) is 19.8 Å². The third kappa shape index (κ3) is 4.40. The molecule has 0 spiro atoms. The Hall–Kier alpha value is -2.70. The van der Waals surface area contributed by atoms with Crippen molar-refractivity contribution in [2.75, 3.05) is 0 Å². The minimum atomic E-state index is -0.786. The van der Waals surface area contributed by atoms with Gasteiger partial charge < -0.3 is 4.74 Å². The lowest BCUT2D eigenvalue weighted by molar-refractivity contribution is -0.145. The molecule has 1 aromatic carbocycles. The molecule has 1 unspecified atom stereocenters. The van der Waals surface area contributed by atoms with E-state index < -0.39 is 23.8 Å². The quantitative estimate of drug-likeness (QED) is 0.599. The molecule has 3 rings (SSSR count). The lowest BCUT2D eigenvalue weighted by Gasteiger charge is -2.39. The summed E-state index contributed by atoms with van der Waals surface area (Å²) in [5.74, 6) is -2.04. The van der Waals surface area contributed by atoms with Gasteiger partial charge in [-0.2, -0.15) is 0 Å². The topological polar surface area (TPSA) is 92.8 Å². The molecule has 0 aromatic heterocycles. The number of carbonyl (C=O) groups excluding carboxylic acids is 4. The zero-order valence-corrected chi connectivity index (χ0v) is 16.1. The highest BCUT2D eigenvalue weighted by Crippen LogP contribution is 2.29. The predicted octanol–water partition coefficient (Wildman–Crippen LogP) is 3.04. The molecule has 4 amide bonds. The fourth-order valence-corrected chi connectivity index (χ4v) is 3.86.